The number of carboxylic acids is 1. The van der Waals surface area contributed by atoms with E-state index in [0.717, 1.165) is 16.5 Å². The second-order valence-electron chi connectivity index (χ2n) is 3.33. The van der Waals surface area contributed by atoms with Gasteiger partial charge in [0.2, 0.25) is 0 Å². The van der Waals surface area contributed by atoms with Crippen LogP contribution in [-0.2, 0) is 6.42 Å². The predicted octanol–water partition coefficient (Wildman–Crippen LogP) is 3.08. The van der Waals surface area contributed by atoms with E-state index in [9.17, 15) is 4.79 Å². The largest absolute Gasteiger partial charge is 0.477 e. The quantitative estimate of drug-likeness (QED) is 0.822. The third-order valence-electron chi connectivity index (χ3n) is 2.44. The van der Waals surface area contributed by atoms with Gasteiger partial charge in [-0.15, -0.1) is 0 Å². The normalized spacial score (nSPS) is 10.8. The molecule has 0 aliphatic rings. The maximum absolute atomic E-state index is 11.0. The molecule has 0 spiro atoms. The van der Waals surface area contributed by atoms with Gasteiger partial charge in [0.05, 0.1) is 0 Å². The van der Waals surface area contributed by atoms with Crippen LogP contribution < -0.4 is 0 Å². The second kappa shape index (κ2) is 3.59. The van der Waals surface area contributed by atoms with Crippen molar-refractivity contribution in [3.63, 3.8) is 0 Å². The van der Waals surface area contributed by atoms with Crippen molar-refractivity contribution in [1.29, 1.82) is 0 Å². The molecule has 0 atom stereocenters. The first-order valence-electron chi connectivity index (χ1n) is 4.67. The van der Waals surface area contributed by atoms with Crippen molar-refractivity contribution in [2.45, 2.75) is 13.3 Å². The van der Waals surface area contributed by atoms with Gasteiger partial charge in [0.25, 0.3) is 0 Å². The molecule has 0 aliphatic carbocycles. The van der Waals surface area contributed by atoms with E-state index in [1.165, 1.54) is 0 Å². The van der Waals surface area contributed by atoms with Crippen molar-refractivity contribution in [3.05, 3.63) is 34.5 Å². The molecular formula is C11H10ClNO2. The first kappa shape index (κ1) is 10.1. The highest BCUT2D eigenvalue weighted by molar-refractivity contribution is 6.31. The molecular weight excluding hydrogens is 214 g/mol. The Morgan fingerprint density at radius 3 is 2.87 bits per heavy atom. The van der Waals surface area contributed by atoms with E-state index < -0.39 is 5.97 Å². The van der Waals surface area contributed by atoms with Gasteiger partial charge in [0.15, 0.2) is 0 Å². The highest BCUT2D eigenvalue weighted by Crippen LogP contribution is 2.25. The number of rotatable bonds is 2. The lowest BCUT2D eigenvalue weighted by Gasteiger charge is -1.95. The number of aromatic carboxylic acids is 1. The maximum atomic E-state index is 11.0. The van der Waals surface area contributed by atoms with Gasteiger partial charge in [-0.2, -0.15) is 0 Å². The van der Waals surface area contributed by atoms with E-state index in [1.54, 1.807) is 12.1 Å². The van der Waals surface area contributed by atoms with Crippen molar-refractivity contribution in [1.82, 2.24) is 4.98 Å². The van der Waals surface area contributed by atoms with E-state index >= 15 is 0 Å². The molecule has 0 radical (unpaired) electrons. The number of carbonyl (C=O) groups is 1. The van der Waals surface area contributed by atoms with Gasteiger partial charge in [-0.05, 0) is 24.1 Å². The number of aromatic amines is 1. The molecule has 0 saturated carbocycles. The summed E-state index contributed by atoms with van der Waals surface area (Å²) in [6.07, 6.45) is 0.684. The van der Waals surface area contributed by atoms with Crippen LogP contribution in [0.5, 0.6) is 0 Å². The zero-order chi connectivity index (χ0) is 11.0. The summed E-state index contributed by atoms with van der Waals surface area (Å²) in [4.78, 5) is 13.8. The minimum Gasteiger partial charge on any atom is -0.477 e. The standard InChI is InChI=1S/C11H10ClNO2/c1-2-7-8-4-3-6(12)5-9(8)13-10(7)11(14)15/h3-5,13H,2H2,1H3,(H,14,15). The Morgan fingerprint density at radius 1 is 1.53 bits per heavy atom. The lowest BCUT2D eigenvalue weighted by Crippen LogP contribution is -2.00. The molecule has 1 heterocycles. The number of hydrogen-bond acceptors (Lipinski definition) is 1. The summed E-state index contributed by atoms with van der Waals surface area (Å²) in [5, 5.41) is 10.5. The van der Waals surface area contributed by atoms with Gasteiger partial charge in [0.1, 0.15) is 5.69 Å². The molecule has 2 aromatic rings. The van der Waals surface area contributed by atoms with Crippen LogP contribution in [0.1, 0.15) is 23.0 Å². The molecule has 0 fully saturated rings. The number of halogens is 1. The Kier molecular flexibility index (Phi) is 2.40. The van der Waals surface area contributed by atoms with E-state index in [-0.39, 0.29) is 5.69 Å². The molecule has 0 aliphatic heterocycles. The fraction of sp³-hybridized carbons (Fsp3) is 0.182. The van der Waals surface area contributed by atoms with Crippen LogP contribution in [0.2, 0.25) is 5.02 Å². The van der Waals surface area contributed by atoms with Crippen LogP contribution in [0.15, 0.2) is 18.2 Å². The average molecular weight is 224 g/mol. The molecule has 1 aromatic carbocycles. The van der Waals surface area contributed by atoms with Crippen molar-refractivity contribution < 1.29 is 9.90 Å². The van der Waals surface area contributed by atoms with E-state index in [2.05, 4.69) is 4.98 Å². The lowest BCUT2D eigenvalue weighted by molar-refractivity contribution is 0.0690. The Hall–Kier alpha value is -1.48. The van der Waals surface area contributed by atoms with Crippen LogP contribution in [0, 0.1) is 0 Å². The number of aryl methyl sites for hydroxylation is 1. The molecule has 78 valence electrons. The Bertz CT molecular complexity index is 531. The van der Waals surface area contributed by atoms with Crippen molar-refractivity contribution >= 4 is 28.5 Å². The van der Waals surface area contributed by atoms with Crippen LogP contribution in [0.3, 0.4) is 0 Å². The van der Waals surface area contributed by atoms with E-state index in [0.29, 0.717) is 11.4 Å². The van der Waals surface area contributed by atoms with Gasteiger partial charge >= 0.3 is 5.97 Å². The number of carboxylic acid groups (broad SMARTS) is 1. The summed E-state index contributed by atoms with van der Waals surface area (Å²) in [5.41, 5.74) is 1.86. The van der Waals surface area contributed by atoms with E-state index in [4.69, 9.17) is 16.7 Å². The van der Waals surface area contributed by atoms with Gasteiger partial charge in [-0.3, -0.25) is 0 Å². The zero-order valence-corrected chi connectivity index (χ0v) is 8.93. The number of hydrogen-bond donors (Lipinski definition) is 2. The first-order chi connectivity index (χ1) is 7.13. The van der Waals surface area contributed by atoms with Gasteiger partial charge in [0, 0.05) is 15.9 Å². The molecule has 2 N–H and O–H groups in total. The van der Waals surface area contributed by atoms with Crippen LogP contribution in [0.4, 0.5) is 0 Å². The van der Waals surface area contributed by atoms with E-state index in [1.807, 2.05) is 13.0 Å². The Labute approximate surface area is 91.7 Å². The SMILES string of the molecule is CCc1c(C(=O)O)[nH]c2cc(Cl)ccc12. The van der Waals surface area contributed by atoms with Crippen molar-refractivity contribution in [2.24, 2.45) is 0 Å². The fourth-order valence-electron chi connectivity index (χ4n) is 1.78. The van der Waals surface area contributed by atoms with Gasteiger partial charge < -0.3 is 10.1 Å². The maximum Gasteiger partial charge on any atom is 0.352 e. The van der Waals surface area contributed by atoms with Gasteiger partial charge in [-0.1, -0.05) is 24.6 Å². The third kappa shape index (κ3) is 1.59. The summed E-state index contributed by atoms with van der Waals surface area (Å²) < 4.78 is 0. The van der Waals surface area contributed by atoms with Gasteiger partial charge in [-0.25, -0.2) is 4.79 Å². The minimum absolute atomic E-state index is 0.259. The Morgan fingerprint density at radius 2 is 2.27 bits per heavy atom. The number of fused-ring (bicyclic) bond motifs is 1. The highest BCUT2D eigenvalue weighted by Gasteiger charge is 2.15. The zero-order valence-electron chi connectivity index (χ0n) is 8.17. The second-order valence-corrected chi connectivity index (χ2v) is 3.76. The van der Waals surface area contributed by atoms with Crippen molar-refractivity contribution in [3.8, 4) is 0 Å². The molecule has 0 unspecified atom stereocenters. The number of aromatic nitrogens is 1. The highest BCUT2D eigenvalue weighted by atomic mass is 35.5. The molecule has 3 nitrogen and oxygen atoms in total. The van der Waals surface area contributed by atoms with Crippen LogP contribution >= 0.6 is 11.6 Å². The topological polar surface area (TPSA) is 53.1 Å². The first-order valence-corrected chi connectivity index (χ1v) is 5.04. The molecule has 15 heavy (non-hydrogen) atoms. The molecule has 0 saturated heterocycles. The van der Waals surface area contributed by atoms with Crippen LogP contribution in [-0.4, -0.2) is 16.1 Å². The number of benzene rings is 1. The predicted molar refractivity (Wildman–Crippen MR) is 59.6 cm³/mol. The van der Waals surface area contributed by atoms with Crippen LogP contribution in [0.25, 0.3) is 10.9 Å². The molecule has 4 heteroatoms. The summed E-state index contributed by atoms with van der Waals surface area (Å²) in [5.74, 6) is -0.931. The molecule has 2 rings (SSSR count). The number of H-pyrrole nitrogens is 1. The Balaban J connectivity index is 2.78. The smallest absolute Gasteiger partial charge is 0.352 e. The molecule has 0 amide bonds. The summed E-state index contributed by atoms with van der Waals surface area (Å²) in [7, 11) is 0. The number of nitrogens with one attached hydrogen (secondary N) is 1. The molecule has 1 aromatic heterocycles. The summed E-state index contributed by atoms with van der Waals surface area (Å²) in [6, 6.07) is 5.35. The van der Waals surface area contributed by atoms with Crippen molar-refractivity contribution in [2.75, 3.05) is 0 Å². The average Bonchev–Trinajstić information content (AvgIpc) is 2.55. The third-order valence-corrected chi connectivity index (χ3v) is 2.67. The summed E-state index contributed by atoms with van der Waals surface area (Å²) in [6.45, 7) is 1.93. The molecule has 0 bridgehead atoms. The minimum atomic E-state index is -0.931. The lowest BCUT2D eigenvalue weighted by atomic mass is 10.1. The monoisotopic (exact) mass is 223 g/mol. The summed E-state index contributed by atoms with van der Waals surface area (Å²) >= 11 is 5.84. The fourth-order valence-corrected chi connectivity index (χ4v) is 1.95.